The lowest BCUT2D eigenvalue weighted by Crippen LogP contribution is -2.50. The zero-order valence-electron chi connectivity index (χ0n) is 11.8. The molecule has 102 valence electrons. The first-order valence-corrected chi connectivity index (χ1v) is 6.53. The Kier molecular flexibility index (Phi) is 5.97. The third kappa shape index (κ3) is 4.04. The largest absolute Gasteiger partial charge is 0.308 e. The maximum atomic E-state index is 11.9. The standard InChI is InChI=1S/C12H14N4O.C2H6/c1-10-2-3-11(8-14-10)16-7-6-15(5-4-13)9-12(16)17;1-2/h2-3,8H,5-7,9H2,1H3;1-2H3. The highest BCUT2D eigenvalue weighted by Crippen LogP contribution is 2.16. The van der Waals surface area contributed by atoms with Crippen LogP contribution >= 0.6 is 0 Å². The molecule has 2 heterocycles. The number of aryl methyl sites for hydroxylation is 1. The number of pyridine rings is 1. The summed E-state index contributed by atoms with van der Waals surface area (Å²) < 4.78 is 0. The maximum Gasteiger partial charge on any atom is 0.241 e. The predicted octanol–water partition coefficient (Wildman–Crippen LogP) is 1.59. The Bertz CT molecular complexity index is 450. The molecular weight excluding hydrogens is 240 g/mol. The molecule has 1 saturated heterocycles. The van der Waals surface area contributed by atoms with E-state index in [0.29, 0.717) is 19.6 Å². The zero-order chi connectivity index (χ0) is 14.3. The average Bonchev–Trinajstić information content (AvgIpc) is 2.43. The topological polar surface area (TPSA) is 60.2 Å². The van der Waals surface area contributed by atoms with Crippen LogP contribution in [0, 0.1) is 18.3 Å². The number of hydrogen-bond donors (Lipinski definition) is 0. The monoisotopic (exact) mass is 260 g/mol. The third-order valence-corrected chi connectivity index (χ3v) is 2.80. The molecule has 1 aromatic rings. The van der Waals surface area contributed by atoms with Crippen LogP contribution in [-0.2, 0) is 4.79 Å². The van der Waals surface area contributed by atoms with E-state index in [1.54, 1.807) is 11.1 Å². The van der Waals surface area contributed by atoms with E-state index in [9.17, 15) is 4.79 Å². The van der Waals surface area contributed by atoms with Gasteiger partial charge in [-0.2, -0.15) is 5.26 Å². The first-order chi connectivity index (χ1) is 9.20. The highest BCUT2D eigenvalue weighted by Gasteiger charge is 2.24. The van der Waals surface area contributed by atoms with Crippen LogP contribution in [0.1, 0.15) is 19.5 Å². The van der Waals surface area contributed by atoms with Crippen molar-refractivity contribution in [3.05, 3.63) is 24.0 Å². The van der Waals surface area contributed by atoms with Gasteiger partial charge in [0.15, 0.2) is 0 Å². The molecule has 5 heteroatoms. The molecule has 1 aliphatic rings. The molecule has 1 aliphatic heterocycles. The summed E-state index contributed by atoms with van der Waals surface area (Å²) in [5, 5.41) is 8.59. The molecule has 0 aliphatic carbocycles. The minimum atomic E-state index is 0.0251. The van der Waals surface area contributed by atoms with Gasteiger partial charge in [0.05, 0.1) is 31.0 Å². The summed E-state index contributed by atoms with van der Waals surface area (Å²) in [7, 11) is 0. The predicted molar refractivity (Wildman–Crippen MR) is 74.7 cm³/mol. The smallest absolute Gasteiger partial charge is 0.241 e. The summed E-state index contributed by atoms with van der Waals surface area (Å²) in [6.45, 7) is 7.88. The number of carbonyl (C=O) groups excluding carboxylic acids is 1. The average molecular weight is 260 g/mol. The van der Waals surface area contributed by atoms with Crippen LogP contribution in [0.25, 0.3) is 0 Å². The van der Waals surface area contributed by atoms with E-state index in [-0.39, 0.29) is 5.91 Å². The van der Waals surface area contributed by atoms with Crippen molar-refractivity contribution < 1.29 is 4.79 Å². The van der Waals surface area contributed by atoms with Crippen LogP contribution in [0.5, 0.6) is 0 Å². The number of nitrogens with zero attached hydrogens (tertiary/aromatic N) is 4. The third-order valence-electron chi connectivity index (χ3n) is 2.80. The van der Waals surface area contributed by atoms with Crippen molar-refractivity contribution in [2.45, 2.75) is 20.8 Å². The van der Waals surface area contributed by atoms with Crippen molar-refractivity contribution in [1.82, 2.24) is 9.88 Å². The van der Waals surface area contributed by atoms with Crippen LogP contribution in [0.4, 0.5) is 5.69 Å². The molecule has 0 unspecified atom stereocenters. The van der Waals surface area contributed by atoms with Crippen LogP contribution in [0.15, 0.2) is 18.3 Å². The molecule has 0 N–H and O–H groups in total. The second kappa shape index (κ2) is 7.49. The van der Waals surface area contributed by atoms with Crippen molar-refractivity contribution in [3.8, 4) is 6.07 Å². The Morgan fingerprint density at radius 2 is 2.11 bits per heavy atom. The Morgan fingerprint density at radius 1 is 1.37 bits per heavy atom. The lowest BCUT2D eigenvalue weighted by Gasteiger charge is -2.32. The van der Waals surface area contributed by atoms with E-state index in [1.165, 1.54) is 0 Å². The quantitative estimate of drug-likeness (QED) is 0.758. The van der Waals surface area contributed by atoms with Gasteiger partial charge in [0.1, 0.15) is 0 Å². The molecule has 0 atom stereocenters. The molecule has 1 fully saturated rings. The fourth-order valence-corrected chi connectivity index (χ4v) is 1.85. The first-order valence-electron chi connectivity index (χ1n) is 6.53. The molecular formula is C14H20N4O. The van der Waals surface area contributed by atoms with Crippen molar-refractivity contribution >= 4 is 11.6 Å². The lowest BCUT2D eigenvalue weighted by atomic mass is 10.2. The highest BCUT2D eigenvalue weighted by molar-refractivity contribution is 5.95. The van der Waals surface area contributed by atoms with E-state index in [4.69, 9.17) is 5.26 Å². The Balaban J connectivity index is 0.000000861. The van der Waals surface area contributed by atoms with Crippen LogP contribution in [-0.4, -0.2) is 42.0 Å². The van der Waals surface area contributed by atoms with E-state index in [0.717, 1.165) is 17.9 Å². The van der Waals surface area contributed by atoms with Crippen LogP contribution < -0.4 is 4.90 Å². The Hall–Kier alpha value is -1.93. The number of hydrogen-bond acceptors (Lipinski definition) is 4. The summed E-state index contributed by atoms with van der Waals surface area (Å²) in [5.41, 5.74) is 1.77. The van der Waals surface area contributed by atoms with Gasteiger partial charge in [-0.1, -0.05) is 13.8 Å². The van der Waals surface area contributed by atoms with E-state index < -0.39 is 0 Å². The number of anilines is 1. The van der Waals surface area contributed by atoms with Crippen LogP contribution in [0.2, 0.25) is 0 Å². The summed E-state index contributed by atoms with van der Waals surface area (Å²) in [4.78, 5) is 19.7. The molecule has 1 aromatic heterocycles. The van der Waals surface area contributed by atoms with Gasteiger partial charge in [-0.05, 0) is 19.1 Å². The molecule has 5 nitrogen and oxygen atoms in total. The van der Waals surface area contributed by atoms with Gasteiger partial charge in [-0.3, -0.25) is 14.7 Å². The number of nitriles is 1. The number of carbonyl (C=O) groups is 1. The Labute approximate surface area is 114 Å². The summed E-state index contributed by atoms with van der Waals surface area (Å²) >= 11 is 0. The second-order valence-corrected chi connectivity index (χ2v) is 4.07. The summed E-state index contributed by atoms with van der Waals surface area (Å²) in [5.74, 6) is 0.0251. The van der Waals surface area contributed by atoms with Crippen LogP contribution in [0.3, 0.4) is 0 Å². The van der Waals surface area contributed by atoms with Gasteiger partial charge in [0.2, 0.25) is 5.91 Å². The van der Waals surface area contributed by atoms with E-state index in [2.05, 4.69) is 11.1 Å². The highest BCUT2D eigenvalue weighted by atomic mass is 16.2. The maximum absolute atomic E-state index is 11.9. The molecule has 19 heavy (non-hydrogen) atoms. The molecule has 0 radical (unpaired) electrons. The minimum Gasteiger partial charge on any atom is -0.308 e. The second-order valence-electron chi connectivity index (χ2n) is 4.07. The van der Waals surface area contributed by atoms with Gasteiger partial charge in [0, 0.05) is 18.8 Å². The fraction of sp³-hybridized carbons (Fsp3) is 0.500. The fourth-order valence-electron chi connectivity index (χ4n) is 1.85. The number of aromatic nitrogens is 1. The minimum absolute atomic E-state index is 0.0251. The van der Waals surface area contributed by atoms with Crippen molar-refractivity contribution in [3.63, 3.8) is 0 Å². The van der Waals surface area contributed by atoms with Gasteiger partial charge in [-0.15, -0.1) is 0 Å². The molecule has 0 spiro atoms. The van der Waals surface area contributed by atoms with Gasteiger partial charge >= 0.3 is 0 Å². The number of amides is 1. The van der Waals surface area contributed by atoms with E-state index >= 15 is 0 Å². The number of piperazine rings is 1. The zero-order valence-corrected chi connectivity index (χ0v) is 11.8. The summed E-state index contributed by atoms with van der Waals surface area (Å²) in [6.07, 6.45) is 1.72. The SMILES string of the molecule is CC.Cc1ccc(N2CCN(CC#N)CC2=O)cn1. The molecule has 0 bridgehead atoms. The molecule has 0 saturated carbocycles. The summed E-state index contributed by atoms with van der Waals surface area (Å²) in [6, 6.07) is 5.86. The normalized spacial score (nSPS) is 15.5. The molecule has 2 rings (SSSR count). The van der Waals surface area contributed by atoms with Gasteiger partial charge < -0.3 is 4.90 Å². The molecule has 1 amide bonds. The van der Waals surface area contributed by atoms with Crippen molar-refractivity contribution in [1.29, 1.82) is 5.26 Å². The van der Waals surface area contributed by atoms with Gasteiger partial charge in [-0.25, -0.2) is 0 Å². The first kappa shape index (κ1) is 15.1. The van der Waals surface area contributed by atoms with Gasteiger partial charge in [0.25, 0.3) is 0 Å². The molecule has 0 aromatic carbocycles. The van der Waals surface area contributed by atoms with Crippen molar-refractivity contribution in [2.75, 3.05) is 31.1 Å². The lowest BCUT2D eigenvalue weighted by molar-refractivity contribution is -0.121. The van der Waals surface area contributed by atoms with E-state index in [1.807, 2.05) is 37.8 Å². The Morgan fingerprint density at radius 3 is 2.63 bits per heavy atom. The van der Waals surface area contributed by atoms with Crippen molar-refractivity contribution in [2.24, 2.45) is 0 Å². The number of rotatable bonds is 2.